The summed E-state index contributed by atoms with van der Waals surface area (Å²) in [5.41, 5.74) is 9.75. The monoisotopic (exact) mass is 1110 g/mol. The van der Waals surface area contributed by atoms with Crippen LogP contribution in [0.1, 0.15) is 169 Å². The number of aromatic nitrogens is 3. The lowest BCUT2D eigenvalue weighted by Crippen LogP contribution is -2.57. The highest BCUT2D eigenvalue weighted by Crippen LogP contribution is 2.45. The first-order chi connectivity index (χ1) is 42.8. The molecule has 0 aliphatic carbocycles. The summed E-state index contributed by atoms with van der Waals surface area (Å²) in [6, 6.07) is 36.3. The van der Waals surface area contributed by atoms with Crippen molar-refractivity contribution in [3.8, 4) is 40.1 Å². The fraction of sp³-hybridized carbons (Fsp3) is 0.308. The molecular weight excluding hydrogens is 1020 g/mol. The number of ether oxygens (including phenoxy) is 2. The molecule has 0 atom stereocenters. The Morgan fingerprint density at radius 1 is 0.298 bits per heavy atom. The van der Waals surface area contributed by atoms with E-state index in [2.05, 4.69) is 234 Å². The Morgan fingerprint density at radius 2 is 0.524 bits per heavy atom. The molecule has 5 heterocycles. The van der Waals surface area contributed by atoms with Gasteiger partial charge < -0.3 is 23.2 Å². The zero-order valence-electron chi connectivity index (χ0n) is 60.1. The van der Waals surface area contributed by atoms with Gasteiger partial charge in [0.2, 0.25) is 0 Å². The summed E-state index contributed by atoms with van der Waals surface area (Å²) in [6.45, 7) is 37.5. The molecule has 0 fully saturated rings. The maximum absolute atomic E-state index is 10.7. The van der Waals surface area contributed by atoms with Crippen molar-refractivity contribution in [1.29, 1.82) is 0 Å². The summed E-state index contributed by atoms with van der Waals surface area (Å²) >= 11 is 0. The van der Waals surface area contributed by atoms with Crippen molar-refractivity contribution in [3.63, 3.8) is 0 Å². The third-order valence-corrected chi connectivity index (χ3v) is 18.0. The van der Waals surface area contributed by atoms with Gasteiger partial charge in [-0.2, -0.15) is 0 Å². The molecule has 3 aromatic heterocycles. The van der Waals surface area contributed by atoms with Crippen LogP contribution in [-0.4, -0.2) is 20.4 Å². The zero-order chi connectivity index (χ0) is 66.2. The molecule has 12 aromatic rings. The molecule has 6 heteroatoms. The third-order valence-electron chi connectivity index (χ3n) is 18.0. The quantitative estimate of drug-likeness (QED) is 0.165. The lowest BCUT2D eigenvalue weighted by atomic mass is 9.35. The SMILES string of the molecule is [2H]c1c([2H])c(-n2c3cc(C(C)(C)C)ccc3c3ccc(C(C)(C)C)cc32)c([2H])c2c1B1c3c([2H])c([2H])c(-n4c5cc(C(C)(C)C)ccc5c5ccc(C(C)(C)C)cc54)c([2H])c3Oc3c([2H])c(-n4c5cc(C(C)(C)C)ccc5c5ccc(C(C)(C)C)cc54)c([2H])c(c31)O2. The van der Waals surface area contributed by atoms with Crippen molar-refractivity contribution in [2.75, 3.05) is 0 Å². The van der Waals surface area contributed by atoms with E-state index in [-0.39, 0.29) is 137 Å². The van der Waals surface area contributed by atoms with E-state index in [0.717, 1.165) is 98.8 Å². The van der Waals surface area contributed by atoms with Crippen LogP contribution in [-0.2, 0) is 32.5 Å². The average molecular weight is 1110 g/mol. The molecule has 422 valence electrons. The van der Waals surface area contributed by atoms with Gasteiger partial charge in [-0.05, 0) is 125 Å². The summed E-state index contributed by atoms with van der Waals surface area (Å²) < 4.78 is 105. The van der Waals surface area contributed by atoms with E-state index in [9.17, 15) is 11.0 Å². The topological polar surface area (TPSA) is 33.2 Å². The molecule has 0 N–H and O–H groups in total. The Morgan fingerprint density at radius 3 is 0.762 bits per heavy atom. The summed E-state index contributed by atoms with van der Waals surface area (Å²) in [5.74, 6) is -0.270. The second-order valence-electron chi connectivity index (χ2n) is 30.1. The van der Waals surface area contributed by atoms with Crippen molar-refractivity contribution in [3.05, 3.63) is 191 Å². The summed E-state index contributed by atoms with van der Waals surface area (Å²) in [6.07, 6.45) is 0. The number of nitrogens with zero attached hydrogens (tertiary/aromatic N) is 3. The first-order valence-electron chi connectivity index (χ1n) is 33.9. The second kappa shape index (κ2) is 17.8. The Hall–Kier alpha value is -7.96. The fourth-order valence-electron chi connectivity index (χ4n) is 12.8. The van der Waals surface area contributed by atoms with Crippen molar-refractivity contribution in [2.45, 2.75) is 157 Å². The molecule has 84 heavy (non-hydrogen) atoms. The first kappa shape index (κ1) is 45.5. The first-order valence-corrected chi connectivity index (χ1v) is 29.9. The summed E-state index contributed by atoms with van der Waals surface area (Å²) in [4.78, 5) is 0. The van der Waals surface area contributed by atoms with E-state index in [4.69, 9.17) is 9.47 Å². The van der Waals surface area contributed by atoms with Crippen LogP contribution in [0.2, 0.25) is 0 Å². The van der Waals surface area contributed by atoms with Crippen molar-refractivity contribution in [2.24, 2.45) is 0 Å². The Balaban J connectivity index is 1.14. The predicted molar refractivity (Wildman–Crippen MR) is 359 cm³/mol. The molecule has 0 amide bonds. The zero-order valence-corrected chi connectivity index (χ0v) is 52.1. The van der Waals surface area contributed by atoms with Gasteiger partial charge >= 0.3 is 0 Å². The van der Waals surface area contributed by atoms with Crippen molar-refractivity contribution < 1.29 is 20.4 Å². The minimum atomic E-state index is -1.31. The van der Waals surface area contributed by atoms with Crippen LogP contribution in [0.3, 0.4) is 0 Å². The summed E-state index contributed by atoms with van der Waals surface area (Å²) in [5, 5.41) is 5.48. The highest BCUT2D eigenvalue weighted by atomic mass is 16.5. The van der Waals surface area contributed by atoms with Crippen molar-refractivity contribution >= 4 is 88.5 Å². The molecule has 0 saturated heterocycles. The number of hydrogen-bond acceptors (Lipinski definition) is 2. The number of rotatable bonds is 3. The van der Waals surface area contributed by atoms with E-state index in [0.29, 0.717) is 0 Å². The van der Waals surface area contributed by atoms with Gasteiger partial charge in [-0.15, -0.1) is 0 Å². The van der Waals surface area contributed by atoms with Gasteiger partial charge in [0.05, 0.1) is 49.8 Å². The van der Waals surface area contributed by atoms with Crippen LogP contribution in [0, 0.1) is 0 Å². The third kappa shape index (κ3) is 8.46. The summed E-state index contributed by atoms with van der Waals surface area (Å²) in [7, 11) is 0. The van der Waals surface area contributed by atoms with E-state index < -0.39 is 6.71 Å². The number of benzene rings is 9. The van der Waals surface area contributed by atoms with E-state index >= 15 is 0 Å². The molecule has 5 nitrogen and oxygen atoms in total. The van der Waals surface area contributed by atoms with Gasteiger partial charge in [0, 0.05) is 73.3 Å². The van der Waals surface area contributed by atoms with Gasteiger partial charge in [-0.3, -0.25) is 0 Å². The van der Waals surface area contributed by atoms with Crippen LogP contribution in [0.15, 0.2) is 158 Å². The molecule has 9 aromatic carbocycles. The van der Waals surface area contributed by atoms with Crippen LogP contribution < -0.4 is 25.9 Å². The lowest BCUT2D eigenvalue weighted by Gasteiger charge is -2.34. The molecule has 0 saturated carbocycles. The second-order valence-corrected chi connectivity index (χ2v) is 30.1. The minimum absolute atomic E-state index is 0.0414. The van der Waals surface area contributed by atoms with E-state index in [1.807, 2.05) is 13.7 Å². The Kier molecular flexibility index (Phi) is 9.64. The standard InChI is InChI=1S/C78H80BN3O2/c1-73(2,3)45-19-27-54-55-28-20-46(74(4,5)6)36-63(55)80(62(54)35-45)51-25-33-60-68(41-51)83-70-43-53(82-66-39-49(77(13,14)15)23-31-58(66)59-32-24-50(40-67(59)82)78(16,17)18)44-71-72(70)79(60)61-34-26-52(42-69(61)84-71)81-64-37-47(75(7,8)9)21-29-56(64)57-30-22-48(38-65(57)81)76(10,11)12/h19-44H,1-18H3/i25D,26D,33D,34D,41D,42D,43D,44D. The molecule has 0 unspecified atom stereocenters. The van der Waals surface area contributed by atoms with Crippen molar-refractivity contribution in [1.82, 2.24) is 13.7 Å². The highest BCUT2D eigenvalue weighted by molar-refractivity contribution is 6.98. The molecule has 0 bridgehead atoms. The van der Waals surface area contributed by atoms with E-state index in [1.54, 1.807) is 0 Å². The van der Waals surface area contributed by atoms with Crippen LogP contribution in [0.25, 0.3) is 82.5 Å². The van der Waals surface area contributed by atoms with Crippen LogP contribution in [0.5, 0.6) is 23.0 Å². The van der Waals surface area contributed by atoms with Gasteiger partial charge in [-0.25, -0.2) is 0 Å². The molecule has 0 spiro atoms. The Bertz CT molecular complexity index is 4770. The molecular formula is C78H80BN3O2. The normalized spacial score (nSPS) is 15.3. The van der Waals surface area contributed by atoms with Gasteiger partial charge in [-0.1, -0.05) is 210 Å². The molecule has 2 aliphatic heterocycles. The maximum Gasteiger partial charge on any atom is 0.260 e. The molecule has 14 rings (SSSR count). The van der Waals surface area contributed by atoms with Gasteiger partial charge in [0.25, 0.3) is 6.71 Å². The largest absolute Gasteiger partial charge is 0.458 e. The lowest BCUT2D eigenvalue weighted by molar-refractivity contribution is 0.464. The highest BCUT2D eigenvalue weighted by Gasteiger charge is 2.42. The van der Waals surface area contributed by atoms with Crippen LogP contribution >= 0.6 is 0 Å². The molecule has 2 aliphatic rings. The molecule has 0 radical (unpaired) electrons. The van der Waals surface area contributed by atoms with Gasteiger partial charge in [0.15, 0.2) is 0 Å². The van der Waals surface area contributed by atoms with E-state index in [1.165, 1.54) is 0 Å². The number of fused-ring (bicyclic) bond motifs is 13. The minimum Gasteiger partial charge on any atom is -0.458 e. The average Bonchev–Trinajstić information content (AvgIpc) is 0.939. The Labute approximate surface area is 508 Å². The van der Waals surface area contributed by atoms with Crippen LogP contribution in [0.4, 0.5) is 0 Å². The maximum atomic E-state index is 10.7. The fourth-order valence-corrected chi connectivity index (χ4v) is 12.8. The van der Waals surface area contributed by atoms with Gasteiger partial charge in [0.1, 0.15) is 23.0 Å². The predicted octanol–water partition coefficient (Wildman–Crippen LogP) is 19.5. The smallest absolute Gasteiger partial charge is 0.260 e. The number of hydrogen-bond donors (Lipinski definition) is 0.